The molecule has 0 aliphatic rings. The molecular weight excluding hydrogens is 252 g/mol. The summed E-state index contributed by atoms with van der Waals surface area (Å²) in [5.74, 6) is 3.04. The minimum Gasteiger partial charge on any atom is -0.327 e. The van der Waals surface area contributed by atoms with Crippen molar-refractivity contribution in [1.82, 2.24) is 9.55 Å². The van der Waals surface area contributed by atoms with Gasteiger partial charge in [-0.15, -0.1) is 0 Å². The Balaban J connectivity index is 2.43. The van der Waals surface area contributed by atoms with Crippen LogP contribution < -0.4 is 0 Å². The number of aryl methyl sites for hydroxylation is 1. The van der Waals surface area contributed by atoms with Gasteiger partial charge in [0.2, 0.25) is 0 Å². The zero-order valence-electron chi connectivity index (χ0n) is 12.3. The molecule has 0 saturated heterocycles. The molecule has 2 aromatic rings. The van der Waals surface area contributed by atoms with Crippen LogP contribution in [0.25, 0.3) is 11.0 Å². The highest BCUT2D eigenvalue weighted by Gasteiger charge is 2.11. The molecule has 0 saturated carbocycles. The van der Waals surface area contributed by atoms with Gasteiger partial charge in [0.05, 0.1) is 11.0 Å². The van der Waals surface area contributed by atoms with E-state index in [4.69, 9.17) is 4.98 Å². The van der Waals surface area contributed by atoms with Crippen LogP contribution in [0.15, 0.2) is 18.2 Å². The molecule has 0 spiro atoms. The summed E-state index contributed by atoms with van der Waals surface area (Å²) in [6.07, 6.45) is 1.18. The quantitative estimate of drug-likeness (QED) is 0.788. The van der Waals surface area contributed by atoms with Gasteiger partial charge in [-0.3, -0.25) is 0 Å². The number of benzene rings is 1. The first kappa shape index (κ1) is 14.4. The van der Waals surface area contributed by atoms with Crippen molar-refractivity contribution in [3.8, 4) is 0 Å². The molecule has 0 unspecified atom stereocenters. The number of imidazole rings is 1. The zero-order chi connectivity index (χ0) is 14.0. The Kier molecular flexibility index (Phi) is 4.56. The number of fused-ring (bicyclic) bond motifs is 1. The van der Waals surface area contributed by atoms with Gasteiger partial charge in [0.1, 0.15) is 5.82 Å². The molecule has 0 bridgehead atoms. The number of hydrogen-bond donors (Lipinski definition) is 1. The monoisotopic (exact) mass is 276 g/mol. The highest BCUT2D eigenvalue weighted by Crippen LogP contribution is 2.23. The van der Waals surface area contributed by atoms with Crippen molar-refractivity contribution in [3.05, 3.63) is 29.6 Å². The summed E-state index contributed by atoms with van der Waals surface area (Å²) in [5, 5.41) is 0. The first-order valence-electron chi connectivity index (χ1n) is 7.12. The third kappa shape index (κ3) is 3.14. The van der Waals surface area contributed by atoms with Gasteiger partial charge in [0.25, 0.3) is 0 Å². The molecule has 1 heterocycles. The molecule has 0 aliphatic heterocycles. The Morgan fingerprint density at radius 2 is 1.95 bits per heavy atom. The summed E-state index contributed by atoms with van der Waals surface area (Å²) < 4.78 is 2.33. The Labute approximate surface area is 121 Å². The molecular formula is C16H24N2S. The molecule has 2 rings (SSSR count). The second-order valence-corrected chi connectivity index (χ2v) is 6.24. The molecule has 3 heteroatoms. The van der Waals surface area contributed by atoms with E-state index in [1.165, 1.54) is 17.5 Å². The number of rotatable bonds is 5. The summed E-state index contributed by atoms with van der Waals surface area (Å²) in [4.78, 5) is 4.74. The van der Waals surface area contributed by atoms with Crippen LogP contribution in [0, 0.1) is 5.92 Å². The lowest BCUT2D eigenvalue weighted by atomic mass is 10.0. The predicted octanol–water partition coefficient (Wildman–Crippen LogP) is 4.64. The van der Waals surface area contributed by atoms with Crippen molar-refractivity contribution < 1.29 is 0 Å². The van der Waals surface area contributed by atoms with Gasteiger partial charge in [0.15, 0.2) is 0 Å². The summed E-state index contributed by atoms with van der Waals surface area (Å²) in [6.45, 7) is 9.99. The van der Waals surface area contributed by atoms with E-state index in [9.17, 15) is 0 Å². The van der Waals surface area contributed by atoms with Crippen molar-refractivity contribution in [1.29, 1.82) is 0 Å². The van der Waals surface area contributed by atoms with E-state index in [2.05, 4.69) is 63.1 Å². The SMILES string of the molecule is CC(C)CCn1c(CS)nc2cc(C(C)C)ccc21. The fourth-order valence-corrected chi connectivity index (χ4v) is 2.55. The zero-order valence-corrected chi connectivity index (χ0v) is 13.2. The molecule has 1 aromatic carbocycles. The van der Waals surface area contributed by atoms with Gasteiger partial charge in [-0.1, -0.05) is 33.8 Å². The number of thiol groups is 1. The van der Waals surface area contributed by atoms with Crippen molar-refractivity contribution in [2.75, 3.05) is 0 Å². The van der Waals surface area contributed by atoms with E-state index < -0.39 is 0 Å². The van der Waals surface area contributed by atoms with Crippen molar-refractivity contribution in [2.45, 2.75) is 52.3 Å². The average Bonchev–Trinajstić information content (AvgIpc) is 2.72. The van der Waals surface area contributed by atoms with Crippen LogP contribution in [-0.2, 0) is 12.3 Å². The molecule has 0 atom stereocenters. The maximum Gasteiger partial charge on any atom is 0.119 e. The fraction of sp³-hybridized carbons (Fsp3) is 0.562. The van der Waals surface area contributed by atoms with E-state index >= 15 is 0 Å². The minimum atomic E-state index is 0.546. The Morgan fingerprint density at radius 1 is 1.21 bits per heavy atom. The van der Waals surface area contributed by atoms with Gasteiger partial charge in [-0.2, -0.15) is 12.6 Å². The van der Waals surface area contributed by atoms with Crippen LogP contribution in [-0.4, -0.2) is 9.55 Å². The minimum absolute atomic E-state index is 0.546. The van der Waals surface area contributed by atoms with Crippen molar-refractivity contribution >= 4 is 23.7 Å². The molecule has 0 amide bonds. The van der Waals surface area contributed by atoms with E-state index in [0.29, 0.717) is 17.6 Å². The summed E-state index contributed by atoms with van der Waals surface area (Å²) >= 11 is 4.42. The molecule has 0 aliphatic carbocycles. The average molecular weight is 276 g/mol. The van der Waals surface area contributed by atoms with Gasteiger partial charge in [-0.25, -0.2) is 4.98 Å². The van der Waals surface area contributed by atoms with Crippen LogP contribution >= 0.6 is 12.6 Å². The molecule has 1 aromatic heterocycles. The fourth-order valence-electron chi connectivity index (χ4n) is 2.31. The van der Waals surface area contributed by atoms with Gasteiger partial charge in [-0.05, 0) is 36.0 Å². The van der Waals surface area contributed by atoms with E-state index in [0.717, 1.165) is 17.9 Å². The van der Waals surface area contributed by atoms with E-state index in [-0.39, 0.29) is 0 Å². The summed E-state index contributed by atoms with van der Waals surface area (Å²) in [6, 6.07) is 6.66. The highest BCUT2D eigenvalue weighted by molar-refractivity contribution is 7.79. The van der Waals surface area contributed by atoms with E-state index in [1.54, 1.807) is 0 Å². The van der Waals surface area contributed by atoms with Crippen LogP contribution in [0.3, 0.4) is 0 Å². The highest BCUT2D eigenvalue weighted by atomic mass is 32.1. The van der Waals surface area contributed by atoms with E-state index in [1.807, 2.05) is 0 Å². The standard InChI is InChI=1S/C16H24N2S/c1-11(2)7-8-18-15-6-5-13(12(3)4)9-14(15)17-16(18)10-19/h5-6,9,11-12,19H,7-8,10H2,1-4H3. The van der Waals surface area contributed by atoms with Gasteiger partial charge >= 0.3 is 0 Å². The molecule has 0 radical (unpaired) electrons. The third-order valence-corrected chi connectivity index (χ3v) is 3.87. The van der Waals surface area contributed by atoms with Crippen molar-refractivity contribution in [3.63, 3.8) is 0 Å². The normalized spacial score (nSPS) is 11.9. The smallest absolute Gasteiger partial charge is 0.119 e. The first-order valence-corrected chi connectivity index (χ1v) is 7.76. The topological polar surface area (TPSA) is 17.8 Å². The first-order chi connectivity index (χ1) is 9.02. The van der Waals surface area contributed by atoms with Crippen molar-refractivity contribution in [2.24, 2.45) is 5.92 Å². The van der Waals surface area contributed by atoms with Gasteiger partial charge in [0, 0.05) is 12.3 Å². The third-order valence-electron chi connectivity index (χ3n) is 3.59. The summed E-state index contributed by atoms with van der Waals surface area (Å²) in [7, 11) is 0. The molecule has 104 valence electrons. The molecule has 19 heavy (non-hydrogen) atoms. The molecule has 0 N–H and O–H groups in total. The van der Waals surface area contributed by atoms with Crippen LogP contribution in [0.4, 0.5) is 0 Å². The number of nitrogens with zero attached hydrogens (tertiary/aromatic N) is 2. The molecule has 2 nitrogen and oxygen atoms in total. The Bertz CT molecular complexity index is 555. The lowest BCUT2D eigenvalue weighted by Crippen LogP contribution is -2.05. The Hall–Kier alpha value is -0.960. The maximum atomic E-state index is 4.74. The van der Waals surface area contributed by atoms with Crippen LogP contribution in [0.1, 0.15) is 51.4 Å². The lowest BCUT2D eigenvalue weighted by molar-refractivity contribution is 0.516. The number of aromatic nitrogens is 2. The second kappa shape index (κ2) is 6.00. The lowest BCUT2D eigenvalue weighted by Gasteiger charge is -2.10. The maximum absolute atomic E-state index is 4.74. The second-order valence-electron chi connectivity index (χ2n) is 5.92. The largest absolute Gasteiger partial charge is 0.327 e. The number of hydrogen-bond acceptors (Lipinski definition) is 2. The predicted molar refractivity (Wildman–Crippen MR) is 86.0 cm³/mol. The Morgan fingerprint density at radius 3 is 2.53 bits per heavy atom. The molecule has 0 fully saturated rings. The van der Waals surface area contributed by atoms with Crippen LogP contribution in [0.5, 0.6) is 0 Å². The van der Waals surface area contributed by atoms with Gasteiger partial charge < -0.3 is 4.57 Å². The van der Waals surface area contributed by atoms with Crippen LogP contribution in [0.2, 0.25) is 0 Å². The summed E-state index contributed by atoms with van der Waals surface area (Å²) in [5.41, 5.74) is 3.71.